The molecule has 1 unspecified atom stereocenters. The fourth-order valence-electron chi connectivity index (χ4n) is 0.204. The predicted molar refractivity (Wildman–Crippen MR) is 26.0 cm³/mol. The van der Waals surface area contributed by atoms with E-state index in [1.54, 1.807) is 0 Å². The molecule has 2 N–H and O–H groups in total. The fraction of sp³-hybridized carbons (Fsp3) is 1.00. The van der Waals surface area contributed by atoms with E-state index >= 15 is 0 Å². The summed E-state index contributed by atoms with van der Waals surface area (Å²) in [7, 11) is 0. The Kier molecular flexibility index (Phi) is 2.48. The van der Waals surface area contributed by atoms with Gasteiger partial charge in [-0.3, -0.25) is 0 Å². The van der Waals surface area contributed by atoms with E-state index in [9.17, 15) is 0 Å². The number of epoxide rings is 1. The van der Waals surface area contributed by atoms with Crippen LogP contribution in [0.2, 0.25) is 0 Å². The van der Waals surface area contributed by atoms with E-state index in [0.29, 0.717) is 12.6 Å². The molecule has 3 heteroatoms. The molecule has 2 nitrogen and oxygen atoms in total. The van der Waals surface area contributed by atoms with Crippen molar-refractivity contribution in [2.45, 2.75) is 6.10 Å². The quantitative estimate of drug-likeness (QED) is 0.473. The lowest BCUT2D eigenvalue weighted by Crippen LogP contribution is -2.05. The van der Waals surface area contributed by atoms with Crippen LogP contribution in [0.1, 0.15) is 0 Å². The zero-order valence-electron chi connectivity index (χ0n) is 3.39. The second kappa shape index (κ2) is 2.39. The van der Waals surface area contributed by atoms with E-state index in [1.807, 2.05) is 0 Å². The zero-order chi connectivity index (χ0) is 3.70. The smallest absolute Gasteiger partial charge is 0.0931 e. The van der Waals surface area contributed by atoms with Gasteiger partial charge in [0.1, 0.15) is 0 Å². The second-order valence-electron chi connectivity index (χ2n) is 1.19. The van der Waals surface area contributed by atoms with Crippen LogP contribution >= 0.6 is 12.4 Å². The largest absolute Gasteiger partial charge is 0.372 e. The Labute approximate surface area is 43.1 Å². The first-order valence-electron chi connectivity index (χ1n) is 1.75. The zero-order valence-corrected chi connectivity index (χ0v) is 4.20. The van der Waals surface area contributed by atoms with Crippen molar-refractivity contribution in [2.24, 2.45) is 5.73 Å². The van der Waals surface area contributed by atoms with Gasteiger partial charge in [0.25, 0.3) is 0 Å². The van der Waals surface area contributed by atoms with Gasteiger partial charge < -0.3 is 10.5 Å². The van der Waals surface area contributed by atoms with Crippen LogP contribution in [0.4, 0.5) is 0 Å². The topological polar surface area (TPSA) is 38.5 Å². The van der Waals surface area contributed by atoms with Crippen LogP contribution < -0.4 is 5.73 Å². The third kappa shape index (κ3) is 1.60. The van der Waals surface area contributed by atoms with E-state index < -0.39 is 0 Å². The number of halogens is 1. The number of hydrogen-bond acceptors (Lipinski definition) is 2. The maximum atomic E-state index is 5.11. The van der Waals surface area contributed by atoms with Gasteiger partial charge in [-0.2, -0.15) is 0 Å². The number of hydrogen-bond donors (Lipinski definition) is 1. The summed E-state index contributed by atoms with van der Waals surface area (Å²) >= 11 is 0. The molecule has 0 spiro atoms. The highest BCUT2D eigenvalue weighted by Crippen LogP contribution is 2.03. The average molecular weight is 110 g/mol. The molecular formula is C3H8ClNO. The van der Waals surface area contributed by atoms with E-state index in [1.165, 1.54) is 0 Å². The van der Waals surface area contributed by atoms with Crippen molar-refractivity contribution in [1.29, 1.82) is 0 Å². The van der Waals surface area contributed by atoms with Crippen molar-refractivity contribution in [2.75, 3.05) is 13.2 Å². The molecule has 1 fully saturated rings. The highest BCUT2D eigenvalue weighted by Gasteiger charge is 2.18. The highest BCUT2D eigenvalue weighted by atomic mass is 35.5. The lowest BCUT2D eigenvalue weighted by molar-refractivity contribution is 0.412. The summed E-state index contributed by atoms with van der Waals surface area (Å²) in [6, 6.07) is 0. The minimum atomic E-state index is 0. The first-order valence-corrected chi connectivity index (χ1v) is 1.75. The number of rotatable bonds is 1. The van der Waals surface area contributed by atoms with Gasteiger partial charge in [0.2, 0.25) is 0 Å². The molecule has 1 atom stereocenters. The Balaban J connectivity index is 0.000000250. The van der Waals surface area contributed by atoms with Gasteiger partial charge in [0.15, 0.2) is 0 Å². The van der Waals surface area contributed by atoms with Crippen molar-refractivity contribution < 1.29 is 4.74 Å². The summed E-state index contributed by atoms with van der Waals surface area (Å²) < 4.78 is 4.73. The van der Waals surface area contributed by atoms with Gasteiger partial charge in [-0.15, -0.1) is 12.4 Å². The minimum absolute atomic E-state index is 0. The van der Waals surface area contributed by atoms with Crippen LogP contribution in [0.15, 0.2) is 0 Å². The molecule has 1 aliphatic rings. The molecule has 0 bridgehead atoms. The molecule has 0 aromatic heterocycles. The van der Waals surface area contributed by atoms with Crippen LogP contribution in [0.3, 0.4) is 0 Å². The molecule has 0 aliphatic carbocycles. The molecule has 6 heavy (non-hydrogen) atoms. The number of ether oxygens (including phenoxy) is 1. The molecule has 1 rings (SSSR count). The maximum absolute atomic E-state index is 5.11. The molecule has 0 saturated carbocycles. The van der Waals surface area contributed by atoms with Crippen molar-refractivity contribution >= 4 is 12.4 Å². The molecule has 0 radical (unpaired) electrons. The van der Waals surface area contributed by atoms with Crippen molar-refractivity contribution in [3.8, 4) is 0 Å². The Morgan fingerprint density at radius 1 is 1.83 bits per heavy atom. The van der Waals surface area contributed by atoms with Crippen LogP contribution in [0.5, 0.6) is 0 Å². The highest BCUT2D eigenvalue weighted by molar-refractivity contribution is 5.85. The maximum Gasteiger partial charge on any atom is 0.0931 e. The van der Waals surface area contributed by atoms with Crippen LogP contribution in [-0.4, -0.2) is 19.3 Å². The molecule has 1 aliphatic heterocycles. The summed E-state index contributed by atoms with van der Waals surface area (Å²) in [6.07, 6.45) is 0.412. The molecule has 0 amide bonds. The third-order valence-electron chi connectivity index (χ3n) is 0.665. The Hall–Kier alpha value is 0.210. The third-order valence-corrected chi connectivity index (χ3v) is 0.665. The van der Waals surface area contributed by atoms with Crippen molar-refractivity contribution in [3.63, 3.8) is 0 Å². The van der Waals surface area contributed by atoms with E-state index in [0.717, 1.165) is 6.61 Å². The predicted octanol–water partition coefficient (Wildman–Crippen LogP) is -0.234. The Morgan fingerprint density at radius 3 is 2.33 bits per heavy atom. The molecule has 0 aromatic carbocycles. The molecule has 0 aromatic rings. The van der Waals surface area contributed by atoms with Crippen LogP contribution in [0, 0.1) is 0 Å². The Morgan fingerprint density at radius 2 is 2.33 bits per heavy atom. The van der Waals surface area contributed by atoms with Gasteiger partial charge in [-0.25, -0.2) is 0 Å². The lowest BCUT2D eigenvalue weighted by atomic mass is 10.5. The van der Waals surface area contributed by atoms with Crippen LogP contribution in [0.25, 0.3) is 0 Å². The average Bonchev–Trinajstić information content (AvgIpc) is 2.12. The first kappa shape index (κ1) is 6.21. The number of nitrogens with two attached hydrogens (primary N) is 1. The standard InChI is InChI=1S/C3H7NO.ClH/c4-1-3-2-5-3;/h3H,1-2,4H2;1H. The van der Waals surface area contributed by atoms with Gasteiger partial charge in [0.05, 0.1) is 12.7 Å². The summed E-state index contributed by atoms with van der Waals surface area (Å²) in [5, 5.41) is 0. The summed E-state index contributed by atoms with van der Waals surface area (Å²) in [5.74, 6) is 0. The van der Waals surface area contributed by atoms with E-state index in [-0.39, 0.29) is 12.4 Å². The summed E-state index contributed by atoms with van der Waals surface area (Å²) in [4.78, 5) is 0. The fourth-order valence-corrected chi connectivity index (χ4v) is 0.204. The Bertz CT molecular complexity index is 37.8. The second-order valence-corrected chi connectivity index (χ2v) is 1.19. The van der Waals surface area contributed by atoms with Gasteiger partial charge in [0, 0.05) is 6.54 Å². The van der Waals surface area contributed by atoms with Crippen molar-refractivity contribution in [3.05, 3.63) is 0 Å². The lowest BCUT2D eigenvalue weighted by Gasteiger charge is -1.71. The molecule has 1 saturated heterocycles. The summed E-state index contributed by atoms with van der Waals surface area (Å²) in [5.41, 5.74) is 5.11. The van der Waals surface area contributed by atoms with E-state index in [2.05, 4.69) is 0 Å². The van der Waals surface area contributed by atoms with Gasteiger partial charge in [-0.1, -0.05) is 0 Å². The molecule has 38 valence electrons. The van der Waals surface area contributed by atoms with E-state index in [4.69, 9.17) is 10.5 Å². The SMILES string of the molecule is Cl.NCC1CO1. The normalized spacial score (nSPS) is 28.5. The molecular weight excluding hydrogens is 101 g/mol. The van der Waals surface area contributed by atoms with Gasteiger partial charge in [-0.05, 0) is 0 Å². The van der Waals surface area contributed by atoms with Gasteiger partial charge >= 0.3 is 0 Å². The molecule has 1 heterocycles. The van der Waals surface area contributed by atoms with Crippen molar-refractivity contribution in [1.82, 2.24) is 0 Å². The van der Waals surface area contributed by atoms with Crippen LogP contribution in [-0.2, 0) is 4.74 Å². The monoisotopic (exact) mass is 109 g/mol. The summed E-state index contributed by atoms with van der Waals surface area (Å²) in [6.45, 7) is 1.58. The minimum Gasteiger partial charge on any atom is -0.372 e. The first-order chi connectivity index (χ1) is 2.43.